The molecule has 0 amide bonds. The van der Waals surface area contributed by atoms with Crippen molar-refractivity contribution < 1.29 is 8.42 Å². The SMILES string of the molecule is CC1(C)CN(C2CCS(=O)(=O)C2)CCC1C#N. The number of nitriles is 1. The van der Waals surface area contributed by atoms with Gasteiger partial charge in [-0.25, -0.2) is 8.42 Å². The second-order valence-electron chi connectivity index (χ2n) is 5.99. The highest BCUT2D eigenvalue weighted by Crippen LogP contribution is 2.36. The third-order valence-corrected chi connectivity index (χ3v) is 5.89. The Balaban J connectivity index is 2.05. The van der Waals surface area contributed by atoms with Crippen LogP contribution < -0.4 is 0 Å². The van der Waals surface area contributed by atoms with Crippen molar-refractivity contribution in [3.63, 3.8) is 0 Å². The molecule has 0 spiro atoms. The molecular formula is C12H20N2O2S. The van der Waals surface area contributed by atoms with E-state index in [0.29, 0.717) is 11.5 Å². The van der Waals surface area contributed by atoms with E-state index in [9.17, 15) is 8.42 Å². The van der Waals surface area contributed by atoms with Gasteiger partial charge in [0.05, 0.1) is 23.5 Å². The summed E-state index contributed by atoms with van der Waals surface area (Å²) >= 11 is 0. The van der Waals surface area contributed by atoms with Gasteiger partial charge in [0.2, 0.25) is 0 Å². The first-order chi connectivity index (χ1) is 7.84. The lowest BCUT2D eigenvalue weighted by molar-refractivity contribution is 0.0573. The molecule has 2 fully saturated rings. The van der Waals surface area contributed by atoms with Crippen LogP contribution in [-0.2, 0) is 9.84 Å². The lowest BCUT2D eigenvalue weighted by Gasteiger charge is -2.43. The van der Waals surface area contributed by atoms with Gasteiger partial charge in [-0.15, -0.1) is 0 Å². The number of likely N-dealkylation sites (tertiary alicyclic amines) is 1. The van der Waals surface area contributed by atoms with E-state index in [0.717, 1.165) is 25.9 Å². The van der Waals surface area contributed by atoms with E-state index in [1.165, 1.54) is 0 Å². The maximum atomic E-state index is 11.5. The first-order valence-electron chi connectivity index (χ1n) is 6.18. The molecule has 2 saturated heterocycles. The van der Waals surface area contributed by atoms with E-state index in [1.807, 2.05) is 0 Å². The molecule has 2 aliphatic rings. The molecule has 17 heavy (non-hydrogen) atoms. The van der Waals surface area contributed by atoms with Crippen molar-refractivity contribution in [2.75, 3.05) is 24.6 Å². The van der Waals surface area contributed by atoms with Crippen molar-refractivity contribution in [2.24, 2.45) is 11.3 Å². The van der Waals surface area contributed by atoms with E-state index in [1.54, 1.807) is 0 Å². The summed E-state index contributed by atoms with van der Waals surface area (Å²) in [5.74, 6) is 0.730. The molecule has 96 valence electrons. The third kappa shape index (κ3) is 2.63. The molecule has 0 N–H and O–H groups in total. The molecule has 0 aliphatic carbocycles. The van der Waals surface area contributed by atoms with Crippen LogP contribution >= 0.6 is 0 Å². The van der Waals surface area contributed by atoms with Crippen LogP contribution in [0.3, 0.4) is 0 Å². The van der Waals surface area contributed by atoms with Crippen LogP contribution in [0.5, 0.6) is 0 Å². The zero-order chi connectivity index (χ0) is 12.7. The summed E-state index contributed by atoms with van der Waals surface area (Å²) in [6, 6.07) is 2.56. The minimum Gasteiger partial charge on any atom is -0.299 e. The number of nitrogens with zero attached hydrogens (tertiary/aromatic N) is 2. The van der Waals surface area contributed by atoms with Gasteiger partial charge < -0.3 is 0 Å². The average molecular weight is 256 g/mol. The summed E-state index contributed by atoms with van der Waals surface area (Å²) in [5.41, 5.74) is -0.0284. The zero-order valence-electron chi connectivity index (χ0n) is 10.5. The Labute approximate surface area is 104 Å². The van der Waals surface area contributed by atoms with Crippen LogP contribution in [-0.4, -0.2) is 44.0 Å². The summed E-state index contributed by atoms with van der Waals surface area (Å²) in [6.45, 7) is 5.92. The molecule has 2 heterocycles. The second kappa shape index (κ2) is 4.25. The fraction of sp³-hybridized carbons (Fsp3) is 0.917. The number of hydrogen-bond donors (Lipinski definition) is 0. The molecule has 4 nitrogen and oxygen atoms in total. The van der Waals surface area contributed by atoms with E-state index in [2.05, 4.69) is 24.8 Å². The molecule has 0 saturated carbocycles. The monoisotopic (exact) mass is 256 g/mol. The van der Waals surface area contributed by atoms with Crippen molar-refractivity contribution >= 4 is 9.84 Å². The zero-order valence-corrected chi connectivity index (χ0v) is 11.3. The molecule has 2 atom stereocenters. The fourth-order valence-electron chi connectivity index (χ4n) is 3.01. The highest BCUT2D eigenvalue weighted by Gasteiger charge is 2.41. The maximum absolute atomic E-state index is 11.5. The van der Waals surface area contributed by atoms with Crippen molar-refractivity contribution in [3.8, 4) is 6.07 Å². The molecule has 0 aromatic rings. The highest BCUT2D eigenvalue weighted by atomic mass is 32.2. The quantitative estimate of drug-likeness (QED) is 0.703. The van der Waals surface area contributed by atoms with Gasteiger partial charge in [-0.3, -0.25) is 4.90 Å². The molecule has 2 unspecified atom stereocenters. The smallest absolute Gasteiger partial charge is 0.151 e. The Morgan fingerprint density at radius 3 is 2.53 bits per heavy atom. The van der Waals surface area contributed by atoms with Gasteiger partial charge in [0.25, 0.3) is 0 Å². The van der Waals surface area contributed by atoms with Gasteiger partial charge in [0.15, 0.2) is 9.84 Å². The molecule has 0 bridgehead atoms. The van der Waals surface area contributed by atoms with Crippen LogP contribution in [0.15, 0.2) is 0 Å². The number of piperidine rings is 1. The van der Waals surface area contributed by atoms with Crippen LogP contribution in [0.2, 0.25) is 0 Å². The number of sulfone groups is 1. The summed E-state index contributed by atoms with van der Waals surface area (Å²) in [7, 11) is -2.81. The third-order valence-electron chi connectivity index (χ3n) is 4.14. The second-order valence-corrected chi connectivity index (χ2v) is 8.21. The van der Waals surface area contributed by atoms with Gasteiger partial charge >= 0.3 is 0 Å². The Hall–Kier alpha value is -0.600. The van der Waals surface area contributed by atoms with E-state index >= 15 is 0 Å². The van der Waals surface area contributed by atoms with Crippen molar-refractivity contribution in [2.45, 2.75) is 32.7 Å². The minimum absolute atomic E-state index is 0.0284. The van der Waals surface area contributed by atoms with Crippen LogP contribution in [0.1, 0.15) is 26.7 Å². The topological polar surface area (TPSA) is 61.2 Å². The van der Waals surface area contributed by atoms with Crippen LogP contribution in [0, 0.1) is 22.7 Å². The first-order valence-corrected chi connectivity index (χ1v) is 8.00. The van der Waals surface area contributed by atoms with Crippen LogP contribution in [0.4, 0.5) is 0 Å². The van der Waals surface area contributed by atoms with Crippen molar-refractivity contribution in [1.82, 2.24) is 4.90 Å². The summed E-state index contributed by atoms with van der Waals surface area (Å²) in [4.78, 5) is 2.28. The minimum atomic E-state index is -2.81. The predicted octanol–water partition coefficient (Wildman–Crippen LogP) is 1.05. The Morgan fingerprint density at radius 1 is 1.35 bits per heavy atom. The Bertz CT molecular complexity index is 436. The highest BCUT2D eigenvalue weighted by molar-refractivity contribution is 7.91. The van der Waals surface area contributed by atoms with Gasteiger partial charge in [-0.2, -0.15) is 5.26 Å². The largest absolute Gasteiger partial charge is 0.299 e. The molecule has 0 aromatic heterocycles. The Kier molecular flexibility index (Phi) is 3.21. The first kappa shape index (κ1) is 12.8. The number of hydrogen-bond acceptors (Lipinski definition) is 4. The standard InChI is InChI=1S/C12H20N2O2S/c1-12(2)9-14(5-3-10(12)7-13)11-4-6-17(15,16)8-11/h10-11H,3-6,8-9H2,1-2H3. The average Bonchev–Trinajstić information content (AvgIpc) is 2.57. The van der Waals surface area contributed by atoms with Gasteiger partial charge in [-0.05, 0) is 24.8 Å². The van der Waals surface area contributed by atoms with Gasteiger partial charge in [-0.1, -0.05) is 13.8 Å². The molecule has 0 aromatic carbocycles. The molecule has 2 aliphatic heterocycles. The van der Waals surface area contributed by atoms with E-state index in [4.69, 9.17) is 5.26 Å². The van der Waals surface area contributed by atoms with Gasteiger partial charge in [0.1, 0.15) is 0 Å². The summed E-state index contributed by atoms with van der Waals surface area (Å²) in [6.07, 6.45) is 1.62. The molecule has 0 radical (unpaired) electrons. The van der Waals surface area contributed by atoms with E-state index < -0.39 is 9.84 Å². The maximum Gasteiger partial charge on any atom is 0.151 e. The Morgan fingerprint density at radius 2 is 2.06 bits per heavy atom. The summed E-state index contributed by atoms with van der Waals surface area (Å²) in [5, 5.41) is 9.10. The normalized spacial score (nSPS) is 36.5. The van der Waals surface area contributed by atoms with Crippen molar-refractivity contribution in [1.29, 1.82) is 5.26 Å². The summed E-state index contributed by atoms with van der Waals surface area (Å²) < 4.78 is 23.0. The van der Waals surface area contributed by atoms with E-state index in [-0.39, 0.29) is 17.4 Å². The lowest BCUT2D eigenvalue weighted by Crippen LogP contribution is -2.50. The molecular weight excluding hydrogens is 236 g/mol. The fourth-order valence-corrected chi connectivity index (χ4v) is 4.77. The number of rotatable bonds is 1. The molecule has 2 rings (SSSR count). The predicted molar refractivity (Wildman–Crippen MR) is 66.1 cm³/mol. The van der Waals surface area contributed by atoms with Crippen LogP contribution in [0.25, 0.3) is 0 Å². The lowest BCUT2D eigenvalue weighted by atomic mass is 9.74. The van der Waals surface area contributed by atoms with Gasteiger partial charge in [0, 0.05) is 12.6 Å². The van der Waals surface area contributed by atoms with Crippen molar-refractivity contribution in [3.05, 3.63) is 0 Å². The molecule has 5 heteroatoms.